The van der Waals surface area contributed by atoms with Crippen LogP contribution in [0, 0.1) is 0 Å². The molecule has 1 aliphatic carbocycles. The van der Waals surface area contributed by atoms with Gasteiger partial charge in [0.15, 0.2) is 0 Å². The van der Waals surface area contributed by atoms with Crippen molar-refractivity contribution in [1.82, 2.24) is 10.2 Å². The van der Waals surface area contributed by atoms with Crippen LogP contribution in [0.3, 0.4) is 0 Å². The molecule has 1 aliphatic rings. The van der Waals surface area contributed by atoms with Crippen LogP contribution in [-0.4, -0.2) is 10.2 Å². The smallest absolute Gasteiger partial charge is 0.267 e. The molecule has 1 aromatic heterocycles. The molecule has 10 heavy (non-hydrogen) atoms. The fourth-order valence-electron chi connectivity index (χ4n) is 1.07. The van der Waals surface area contributed by atoms with E-state index >= 15 is 0 Å². The minimum atomic E-state index is -0.0231. The third kappa shape index (κ3) is 0.835. The number of hydrogen-bond donors (Lipinski definition) is 1. The van der Waals surface area contributed by atoms with E-state index in [4.69, 9.17) is 0 Å². The van der Waals surface area contributed by atoms with Crippen molar-refractivity contribution < 1.29 is 0 Å². The second kappa shape index (κ2) is 1.94. The van der Waals surface area contributed by atoms with Gasteiger partial charge in [-0.25, -0.2) is 5.10 Å². The monoisotopic (exact) mass is 136 g/mol. The van der Waals surface area contributed by atoms with Gasteiger partial charge >= 0.3 is 0 Å². The molecule has 1 fully saturated rings. The van der Waals surface area contributed by atoms with E-state index in [9.17, 15) is 4.79 Å². The SMILES string of the molecule is O=c1[nH]nccc1C1CC1. The zero-order chi connectivity index (χ0) is 6.97. The lowest BCUT2D eigenvalue weighted by molar-refractivity contribution is 0.933. The third-order valence-corrected chi connectivity index (χ3v) is 1.77. The predicted molar refractivity (Wildman–Crippen MR) is 36.8 cm³/mol. The molecule has 0 bridgehead atoms. The van der Waals surface area contributed by atoms with Gasteiger partial charge < -0.3 is 0 Å². The van der Waals surface area contributed by atoms with Gasteiger partial charge in [0.2, 0.25) is 0 Å². The highest BCUT2D eigenvalue weighted by Gasteiger charge is 2.25. The first-order valence-corrected chi connectivity index (χ1v) is 3.41. The van der Waals surface area contributed by atoms with Crippen LogP contribution in [0.2, 0.25) is 0 Å². The van der Waals surface area contributed by atoms with Crippen LogP contribution in [0.5, 0.6) is 0 Å². The highest BCUT2D eigenvalue weighted by atomic mass is 16.1. The van der Waals surface area contributed by atoms with E-state index in [1.807, 2.05) is 0 Å². The highest BCUT2D eigenvalue weighted by Crippen LogP contribution is 2.37. The van der Waals surface area contributed by atoms with Gasteiger partial charge in [-0.05, 0) is 24.8 Å². The summed E-state index contributed by atoms with van der Waals surface area (Å²) in [6.07, 6.45) is 3.95. The van der Waals surface area contributed by atoms with Crippen LogP contribution in [0.25, 0.3) is 0 Å². The van der Waals surface area contributed by atoms with Crippen molar-refractivity contribution in [3.8, 4) is 0 Å². The number of hydrogen-bond acceptors (Lipinski definition) is 2. The molecular formula is C7H8N2O. The first-order valence-electron chi connectivity index (χ1n) is 3.41. The van der Waals surface area contributed by atoms with Crippen LogP contribution < -0.4 is 5.56 Å². The Bertz CT molecular complexity index is 288. The van der Waals surface area contributed by atoms with Gasteiger partial charge in [0.1, 0.15) is 0 Å². The van der Waals surface area contributed by atoms with Crippen molar-refractivity contribution in [3.05, 3.63) is 28.2 Å². The zero-order valence-corrected chi connectivity index (χ0v) is 5.50. The quantitative estimate of drug-likeness (QED) is 0.616. The molecule has 0 radical (unpaired) electrons. The molecule has 0 unspecified atom stereocenters. The zero-order valence-electron chi connectivity index (χ0n) is 5.50. The highest BCUT2D eigenvalue weighted by molar-refractivity contribution is 5.17. The normalized spacial score (nSPS) is 17.2. The van der Waals surface area contributed by atoms with E-state index in [2.05, 4.69) is 10.2 Å². The summed E-state index contributed by atoms with van der Waals surface area (Å²) in [5, 5.41) is 6.03. The van der Waals surface area contributed by atoms with Crippen LogP contribution in [0.1, 0.15) is 24.3 Å². The lowest BCUT2D eigenvalue weighted by Gasteiger charge is -1.91. The van der Waals surface area contributed by atoms with Crippen molar-refractivity contribution in [3.63, 3.8) is 0 Å². The molecule has 1 N–H and O–H groups in total. The van der Waals surface area contributed by atoms with Gasteiger partial charge in [0, 0.05) is 11.8 Å². The summed E-state index contributed by atoms with van der Waals surface area (Å²) >= 11 is 0. The number of aromatic nitrogens is 2. The molecule has 3 nitrogen and oxygen atoms in total. The van der Waals surface area contributed by atoms with E-state index < -0.39 is 0 Å². The Balaban J connectivity index is 2.48. The van der Waals surface area contributed by atoms with Crippen molar-refractivity contribution >= 4 is 0 Å². The summed E-state index contributed by atoms with van der Waals surface area (Å²) in [4.78, 5) is 11.0. The van der Waals surface area contributed by atoms with Crippen LogP contribution in [-0.2, 0) is 0 Å². The number of nitrogens with zero attached hydrogens (tertiary/aromatic N) is 1. The molecule has 0 amide bonds. The Kier molecular flexibility index (Phi) is 1.09. The van der Waals surface area contributed by atoms with Crippen molar-refractivity contribution in [2.75, 3.05) is 0 Å². The molecule has 0 aliphatic heterocycles. The van der Waals surface area contributed by atoms with Gasteiger partial charge in [-0.2, -0.15) is 5.10 Å². The van der Waals surface area contributed by atoms with Gasteiger partial charge in [0.05, 0.1) is 0 Å². The van der Waals surface area contributed by atoms with E-state index in [1.165, 1.54) is 0 Å². The molecule has 1 aromatic rings. The van der Waals surface area contributed by atoms with Gasteiger partial charge in [0.25, 0.3) is 5.56 Å². The fourth-order valence-corrected chi connectivity index (χ4v) is 1.07. The summed E-state index contributed by atoms with van der Waals surface area (Å²) < 4.78 is 0. The second-order valence-corrected chi connectivity index (χ2v) is 2.62. The minimum absolute atomic E-state index is 0.0231. The average molecular weight is 136 g/mol. The molecular weight excluding hydrogens is 128 g/mol. The van der Waals surface area contributed by atoms with E-state index in [1.54, 1.807) is 12.3 Å². The molecule has 1 saturated carbocycles. The summed E-state index contributed by atoms with van der Waals surface area (Å²) in [7, 11) is 0. The van der Waals surface area contributed by atoms with Crippen LogP contribution in [0.15, 0.2) is 17.1 Å². The maximum Gasteiger partial charge on any atom is 0.267 e. The number of H-pyrrole nitrogens is 1. The van der Waals surface area contributed by atoms with E-state index in [0.717, 1.165) is 18.4 Å². The Morgan fingerprint density at radius 2 is 2.40 bits per heavy atom. The molecule has 0 spiro atoms. The molecule has 52 valence electrons. The van der Waals surface area contributed by atoms with Crippen molar-refractivity contribution in [2.24, 2.45) is 0 Å². The lowest BCUT2D eigenvalue weighted by atomic mass is 10.2. The molecule has 0 atom stereocenters. The third-order valence-electron chi connectivity index (χ3n) is 1.77. The summed E-state index contributed by atoms with van der Waals surface area (Å²) in [6.45, 7) is 0. The molecule has 1 heterocycles. The number of aromatic amines is 1. The Morgan fingerprint density at radius 1 is 1.60 bits per heavy atom. The maximum absolute atomic E-state index is 11.0. The minimum Gasteiger partial charge on any atom is -0.268 e. The standard InChI is InChI=1S/C7H8N2O/c10-7-6(5-1-2-5)3-4-8-9-7/h3-5H,1-2H2,(H,9,10). The second-order valence-electron chi connectivity index (χ2n) is 2.62. The number of nitrogens with one attached hydrogen (secondary N) is 1. The van der Waals surface area contributed by atoms with Crippen LogP contribution in [0.4, 0.5) is 0 Å². The largest absolute Gasteiger partial charge is 0.268 e. The Morgan fingerprint density at radius 3 is 3.00 bits per heavy atom. The molecule has 0 saturated heterocycles. The van der Waals surface area contributed by atoms with Crippen LogP contribution >= 0.6 is 0 Å². The van der Waals surface area contributed by atoms with Gasteiger partial charge in [-0.15, -0.1) is 0 Å². The summed E-state index contributed by atoms with van der Waals surface area (Å²) in [5.74, 6) is 0.520. The van der Waals surface area contributed by atoms with E-state index in [-0.39, 0.29) is 5.56 Å². The first kappa shape index (κ1) is 5.65. The fraction of sp³-hybridized carbons (Fsp3) is 0.429. The van der Waals surface area contributed by atoms with Crippen molar-refractivity contribution in [1.29, 1.82) is 0 Å². The lowest BCUT2D eigenvalue weighted by Crippen LogP contribution is -2.11. The summed E-state index contributed by atoms with van der Waals surface area (Å²) in [5.41, 5.74) is 0.875. The molecule has 3 heteroatoms. The number of rotatable bonds is 1. The van der Waals surface area contributed by atoms with Crippen molar-refractivity contribution in [2.45, 2.75) is 18.8 Å². The molecule has 2 rings (SSSR count). The van der Waals surface area contributed by atoms with Gasteiger partial charge in [-0.3, -0.25) is 4.79 Å². The Hall–Kier alpha value is -1.12. The Labute approximate surface area is 58.1 Å². The molecule has 0 aromatic carbocycles. The predicted octanol–water partition coefficient (Wildman–Crippen LogP) is 0.647. The summed E-state index contributed by atoms with van der Waals surface area (Å²) in [6, 6.07) is 1.80. The van der Waals surface area contributed by atoms with E-state index in [0.29, 0.717) is 5.92 Å². The average Bonchev–Trinajstić information content (AvgIpc) is 2.71. The maximum atomic E-state index is 11.0. The topological polar surface area (TPSA) is 45.8 Å². The first-order chi connectivity index (χ1) is 4.88. The van der Waals surface area contributed by atoms with Gasteiger partial charge in [-0.1, -0.05) is 0 Å².